The highest BCUT2D eigenvalue weighted by Crippen LogP contribution is 2.35. The van der Waals surface area contributed by atoms with Gasteiger partial charge in [0.15, 0.2) is 0 Å². The molecule has 7 nitrogen and oxygen atoms in total. The molecule has 1 aliphatic rings. The Morgan fingerprint density at radius 3 is 2.12 bits per heavy atom. The van der Waals surface area contributed by atoms with Crippen molar-refractivity contribution in [2.75, 3.05) is 0 Å². The summed E-state index contributed by atoms with van der Waals surface area (Å²) in [4.78, 5) is 41.3. The van der Waals surface area contributed by atoms with Gasteiger partial charge in [0, 0.05) is 11.6 Å². The maximum absolute atomic E-state index is 13.7. The highest BCUT2D eigenvalue weighted by atomic mass is 16.6. The number of hydrogen-bond donors (Lipinski definition) is 2. The van der Waals surface area contributed by atoms with E-state index in [9.17, 15) is 14.4 Å². The molecule has 2 atom stereocenters. The minimum atomic E-state index is -0.837. The molecule has 0 heterocycles. The molecule has 2 unspecified atom stereocenters. The van der Waals surface area contributed by atoms with Crippen molar-refractivity contribution in [2.24, 2.45) is 0 Å². The maximum atomic E-state index is 13.7. The van der Waals surface area contributed by atoms with Crippen LogP contribution in [0.3, 0.4) is 0 Å². The van der Waals surface area contributed by atoms with Crippen LogP contribution in [0, 0.1) is 13.8 Å². The number of amides is 3. The van der Waals surface area contributed by atoms with Gasteiger partial charge in [0.1, 0.15) is 17.7 Å². The minimum absolute atomic E-state index is 0.0585. The summed E-state index contributed by atoms with van der Waals surface area (Å²) in [5.41, 5.74) is 1.71. The molecule has 33 heavy (non-hydrogen) atoms. The number of aryl methyl sites for hydroxylation is 2. The van der Waals surface area contributed by atoms with Crippen LogP contribution < -0.4 is 10.6 Å². The lowest BCUT2D eigenvalue weighted by Crippen LogP contribution is -2.58. The van der Waals surface area contributed by atoms with Gasteiger partial charge in [-0.3, -0.25) is 9.59 Å². The normalized spacial score (nSPS) is 16.3. The van der Waals surface area contributed by atoms with Crippen molar-refractivity contribution in [1.82, 2.24) is 15.5 Å². The van der Waals surface area contributed by atoms with Crippen molar-refractivity contribution < 1.29 is 19.1 Å². The van der Waals surface area contributed by atoms with Gasteiger partial charge in [-0.1, -0.05) is 23.8 Å². The van der Waals surface area contributed by atoms with E-state index in [0.29, 0.717) is 0 Å². The first-order valence-corrected chi connectivity index (χ1v) is 11.8. The van der Waals surface area contributed by atoms with Gasteiger partial charge in [-0.2, -0.15) is 0 Å². The number of hydrogen-bond acceptors (Lipinski definition) is 4. The first-order chi connectivity index (χ1) is 15.1. The molecule has 1 aromatic carbocycles. The van der Waals surface area contributed by atoms with Crippen molar-refractivity contribution >= 4 is 17.9 Å². The SMILES string of the molecule is Cc1ccc(C(C(=O)NC(C)(C)C)N(C(=O)C(C)NC(=O)OC(C)(C)C)C2CCC2)c(C)c1. The van der Waals surface area contributed by atoms with Gasteiger partial charge < -0.3 is 20.3 Å². The second kappa shape index (κ2) is 10.1. The van der Waals surface area contributed by atoms with Crippen molar-refractivity contribution in [3.05, 3.63) is 34.9 Å². The third-order valence-corrected chi connectivity index (χ3v) is 5.57. The van der Waals surface area contributed by atoms with E-state index >= 15 is 0 Å². The monoisotopic (exact) mass is 459 g/mol. The van der Waals surface area contributed by atoms with Crippen LogP contribution in [-0.2, 0) is 14.3 Å². The molecule has 2 N–H and O–H groups in total. The Bertz CT molecular complexity index is 879. The van der Waals surface area contributed by atoms with Crippen LogP contribution in [0.2, 0.25) is 0 Å². The van der Waals surface area contributed by atoms with E-state index in [2.05, 4.69) is 10.6 Å². The number of alkyl carbamates (subject to hydrolysis) is 1. The molecule has 1 saturated carbocycles. The van der Waals surface area contributed by atoms with Crippen LogP contribution in [0.25, 0.3) is 0 Å². The van der Waals surface area contributed by atoms with E-state index in [1.807, 2.05) is 52.8 Å². The predicted molar refractivity (Wildman–Crippen MR) is 130 cm³/mol. The van der Waals surface area contributed by atoms with E-state index < -0.39 is 29.3 Å². The summed E-state index contributed by atoms with van der Waals surface area (Å²) in [5.74, 6) is -0.515. The Morgan fingerprint density at radius 2 is 1.67 bits per heavy atom. The summed E-state index contributed by atoms with van der Waals surface area (Å²) in [6.07, 6.45) is 2.01. The second-order valence-electron chi connectivity index (χ2n) is 11.2. The van der Waals surface area contributed by atoms with Crippen molar-refractivity contribution in [1.29, 1.82) is 0 Å². The zero-order valence-corrected chi connectivity index (χ0v) is 21.7. The van der Waals surface area contributed by atoms with E-state index in [4.69, 9.17) is 4.74 Å². The first kappa shape index (κ1) is 26.7. The average molecular weight is 460 g/mol. The van der Waals surface area contributed by atoms with Gasteiger partial charge in [-0.15, -0.1) is 0 Å². The maximum Gasteiger partial charge on any atom is 0.408 e. The number of benzene rings is 1. The highest BCUT2D eigenvalue weighted by molar-refractivity contribution is 5.92. The van der Waals surface area contributed by atoms with Gasteiger partial charge in [-0.25, -0.2) is 4.79 Å². The molecule has 0 saturated heterocycles. The Hall–Kier alpha value is -2.57. The summed E-state index contributed by atoms with van der Waals surface area (Å²) in [6, 6.07) is 4.24. The molecule has 7 heteroatoms. The van der Waals surface area contributed by atoms with Gasteiger partial charge in [0.05, 0.1) is 0 Å². The molecular weight excluding hydrogens is 418 g/mol. The Kier molecular flexibility index (Phi) is 8.20. The fourth-order valence-electron chi connectivity index (χ4n) is 3.94. The van der Waals surface area contributed by atoms with Crippen LogP contribution in [0.4, 0.5) is 4.79 Å². The number of ether oxygens (including phenoxy) is 1. The lowest BCUT2D eigenvalue weighted by atomic mass is 9.87. The lowest BCUT2D eigenvalue weighted by Gasteiger charge is -2.44. The van der Waals surface area contributed by atoms with E-state index in [1.165, 1.54) is 0 Å². The molecule has 1 aliphatic carbocycles. The quantitative estimate of drug-likeness (QED) is 0.653. The van der Waals surface area contributed by atoms with Crippen molar-refractivity contribution in [3.63, 3.8) is 0 Å². The van der Waals surface area contributed by atoms with Crippen LogP contribution in [0.5, 0.6) is 0 Å². The first-order valence-electron chi connectivity index (χ1n) is 11.8. The molecule has 3 amide bonds. The average Bonchev–Trinajstić information content (AvgIpc) is 2.57. The number of nitrogens with one attached hydrogen (secondary N) is 2. The summed E-state index contributed by atoms with van der Waals surface area (Å²) in [6.45, 7) is 16.7. The summed E-state index contributed by atoms with van der Waals surface area (Å²) >= 11 is 0. The smallest absolute Gasteiger partial charge is 0.408 e. The molecule has 1 fully saturated rings. The summed E-state index contributed by atoms with van der Waals surface area (Å²) < 4.78 is 5.33. The zero-order chi connectivity index (χ0) is 25.1. The topological polar surface area (TPSA) is 87.7 Å². The molecule has 0 aliphatic heterocycles. The third-order valence-electron chi connectivity index (χ3n) is 5.57. The van der Waals surface area contributed by atoms with Gasteiger partial charge in [0.25, 0.3) is 0 Å². The number of carbonyl (C=O) groups excluding carboxylic acids is 3. The molecule has 0 spiro atoms. The fourth-order valence-corrected chi connectivity index (χ4v) is 3.94. The summed E-state index contributed by atoms with van der Waals surface area (Å²) in [5, 5.41) is 5.72. The van der Waals surface area contributed by atoms with Gasteiger partial charge in [-0.05, 0) is 92.7 Å². The van der Waals surface area contributed by atoms with Crippen LogP contribution in [-0.4, -0.2) is 46.0 Å². The van der Waals surface area contributed by atoms with Crippen LogP contribution >= 0.6 is 0 Å². The van der Waals surface area contributed by atoms with Gasteiger partial charge in [0.2, 0.25) is 11.8 Å². The Labute approximate surface area is 198 Å². The minimum Gasteiger partial charge on any atom is -0.444 e. The molecule has 2 rings (SSSR count). The Balaban J connectivity index is 2.44. The highest BCUT2D eigenvalue weighted by Gasteiger charge is 2.42. The molecule has 0 radical (unpaired) electrons. The van der Waals surface area contributed by atoms with Crippen LogP contribution in [0.15, 0.2) is 18.2 Å². The van der Waals surface area contributed by atoms with Gasteiger partial charge >= 0.3 is 6.09 Å². The fraction of sp³-hybridized carbons (Fsp3) is 0.654. The van der Waals surface area contributed by atoms with Crippen molar-refractivity contribution in [3.8, 4) is 0 Å². The predicted octanol–water partition coefficient (Wildman–Crippen LogP) is 4.55. The molecule has 1 aromatic rings. The zero-order valence-electron chi connectivity index (χ0n) is 21.7. The molecule has 0 bridgehead atoms. The van der Waals surface area contributed by atoms with Crippen LogP contribution in [0.1, 0.15) is 90.5 Å². The largest absolute Gasteiger partial charge is 0.444 e. The van der Waals surface area contributed by atoms with E-state index in [-0.39, 0.29) is 17.9 Å². The molecular formula is C26H41N3O4. The Morgan fingerprint density at radius 1 is 1.06 bits per heavy atom. The number of nitrogens with zero attached hydrogens (tertiary/aromatic N) is 1. The third kappa shape index (κ3) is 7.47. The van der Waals surface area contributed by atoms with E-state index in [0.717, 1.165) is 36.0 Å². The number of carbonyl (C=O) groups is 3. The van der Waals surface area contributed by atoms with Crippen molar-refractivity contribution in [2.45, 2.75) is 111 Å². The second-order valence-corrected chi connectivity index (χ2v) is 11.2. The standard InChI is InChI=1S/C26H41N3O4/c1-16-13-14-20(17(2)15-16)21(22(30)28-25(4,5)6)29(19-11-10-12-19)23(31)18(3)27-24(32)33-26(7,8)9/h13-15,18-19,21H,10-12H2,1-9H3,(H,27,32)(H,28,30). The number of rotatable bonds is 6. The molecule has 0 aromatic heterocycles. The summed E-state index contributed by atoms with van der Waals surface area (Å²) in [7, 11) is 0. The molecule has 184 valence electrons. The lowest BCUT2D eigenvalue weighted by molar-refractivity contribution is -0.147. The van der Waals surface area contributed by atoms with E-state index in [1.54, 1.807) is 32.6 Å².